The third-order valence-corrected chi connectivity index (χ3v) is 4.72. The molecule has 1 fully saturated rings. The maximum Gasteiger partial charge on any atom is 0.247 e. The van der Waals surface area contributed by atoms with Crippen molar-refractivity contribution in [3.63, 3.8) is 0 Å². The Hall–Kier alpha value is -2.67. The number of anilines is 1. The van der Waals surface area contributed by atoms with E-state index in [0.717, 1.165) is 36.1 Å². The summed E-state index contributed by atoms with van der Waals surface area (Å²) in [5.74, 6) is 1.21. The van der Waals surface area contributed by atoms with Crippen molar-refractivity contribution in [3.05, 3.63) is 35.7 Å². The number of nitrogens with one attached hydrogen (secondary N) is 2. The van der Waals surface area contributed by atoms with Crippen LogP contribution in [0.4, 0.5) is 5.82 Å². The highest BCUT2D eigenvalue weighted by Crippen LogP contribution is 2.28. The minimum atomic E-state index is -0.739. The van der Waals surface area contributed by atoms with Crippen LogP contribution >= 0.6 is 11.6 Å². The van der Waals surface area contributed by atoms with Gasteiger partial charge in [0.05, 0.1) is 5.02 Å². The number of fused-ring (bicyclic) bond motifs is 1. The molecule has 0 saturated carbocycles. The second-order valence-corrected chi connectivity index (χ2v) is 7.35. The van der Waals surface area contributed by atoms with Crippen molar-refractivity contribution in [2.45, 2.75) is 25.8 Å². The number of halogens is 1. The highest BCUT2D eigenvalue weighted by atomic mass is 35.5. The highest BCUT2D eigenvalue weighted by Gasteiger charge is 2.34. The molecule has 1 saturated heterocycles. The summed E-state index contributed by atoms with van der Waals surface area (Å²) in [4.78, 5) is 30.7. The monoisotopic (exact) mass is 370 g/mol. The summed E-state index contributed by atoms with van der Waals surface area (Å²) >= 11 is 6.07. The summed E-state index contributed by atoms with van der Waals surface area (Å²) in [6, 6.07) is 3.59. The Morgan fingerprint density at radius 3 is 2.88 bits per heavy atom. The van der Waals surface area contributed by atoms with Crippen molar-refractivity contribution in [3.8, 4) is 11.4 Å². The van der Waals surface area contributed by atoms with Crippen LogP contribution in [-0.4, -0.2) is 49.4 Å². The summed E-state index contributed by atoms with van der Waals surface area (Å²) < 4.78 is 0. The number of nitrogens with zero attached hydrogens (tertiary/aromatic N) is 4. The molecular formula is C18H19ClN6O. The maximum absolute atomic E-state index is 12.6. The lowest BCUT2D eigenvalue weighted by atomic mass is 10.0. The molecule has 1 aliphatic heterocycles. The van der Waals surface area contributed by atoms with Crippen LogP contribution in [0.15, 0.2) is 30.7 Å². The summed E-state index contributed by atoms with van der Waals surface area (Å²) in [7, 11) is 0. The third kappa shape index (κ3) is 2.99. The van der Waals surface area contributed by atoms with Crippen molar-refractivity contribution in [2.24, 2.45) is 0 Å². The summed E-state index contributed by atoms with van der Waals surface area (Å²) in [5.41, 5.74) is 0.794. The maximum atomic E-state index is 12.6. The fraction of sp³-hybridized carbons (Fsp3) is 0.333. The van der Waals surface area contributed by atoms with Gasteiger partial charge in [0.1, 0.15) is 17.0 Å². The third-order valence-electron chi connectivity index (χ3n) is 4.51. The quantitative estimate of drug-likeness (QED) is 0.736. The summed E-state index contributed by atoms with van der Waals surface area (Å²) in [5, 5.41) is 4.64. The number of carbonyl (C=O) groups is 1. The van der Waals surface area contributed by atoms with Gasteiger partial charge in [-0.2, -0.15) is 0 Å². The predicted molar refractivity (Wildman–Crippen MR) is 101 cm³/mol. The lowest BCUT2D eigenvalue weighted by molar-refractivity contribution is -0.138. The Morgan fingerprint density at radius 2 is 2.15 bits per heavy atom. The van der Waals surface area contributed by atoms with Gasteiger partial charge in [-0.25, -0.2) is 15.0 Å². The van der Waals surface area contributed by atoms with Crippen LogP contribution < -0.4 is 5.32 Å². The molecule has 0 unspecified atom stereocenters. The van der Waals surface area contributed by atoms with Gasteiger partial charge in [0.15, 0.2) is 5.82 Å². The minimum Gasteiger partial charge on any atom is -0.356 e. The number of hydrogen-bond donors (Lipinski definition) is 2. The molecule has 3 aromatic heterocycles. The van der Waals surface area contributed by atoms with Gasteiger partial charge >= 0.3 is 0 Å². The Morgan fingerprint density at radius 1 is 1.35 bits per heavy atom. The van der Waals surface area contributed by atoms with Crippen LogP contribution in [0, 0.1) is 0 Å². The molecule has 7 nitrogen and oxygen atoms in total. The van der Waals surface area contributed by atoms with Crippen molar-refractivity contribution in [1.29, 1.82) is 0 Å². The van der Waals surface area contributed by atoms with Crippen LogP contribution in [0.3, 0.4) is 0 Å². The first-order valence-corrected chi connectivity index (χ1v) is 8.85. The second kappa shape index (κ2) is 6.25. The van der Waals surface area contributed by atoms with E-state index in [-0.39, 0.29) is 5.91 Å². The molecule has 0 spiro atoms. The van der Waals surface area contributed by atoms with Gasteiger partial charge < -0.3 is 15.2 Å². The fourth-order valence-electron chi connectivity index (χ4n) is 3.01. The largest absolute Gasteiger partial charge is 0.356 e. The van der Waals surface area contributed by atoms with E-state index in [9.17, 15) is 4.79 Å². The van der Waals surface area contributed by atoms with E-state index >= 15 is 0 Å². The Kier molecular flexibility index (Phi) is 4.03. The van der Waals surface area contributed by atoms with Gasteiger partial charge in [0.25, 0.3) is 0 Å². The Balaban J connectivity index is 1.64. The smallest absolute Gasteiger partial charge is 0.247 e. The molecule has 0 bridgehead atoms. The Labute approximate surface area is 155 Å². The molecule has 4 rings (SSSR count). The topological polar surface area (TPSA) is 86.8 Å². The number of aromatic nitrogens is 4. The van der Waals surface area contributed by atoms with Crippen LogP contribution in [0.1, 0.15) is 20.3 Å². The Bertz CT molecular complexity index is 979. The normalized spacial score (nSPS) is 14.3. The van der Waals surface area contributed by atoms with E-state index in [0.29, 0.717) is 16.7 Å². The highest BCUT2D eigenvalue weighted by molar-refractivity contribution is 6.31. The van der Waals surface area contributed by atoms with Gasteiger partial charge in [-0.3, -0.25) is 4.79 Å². The first-order chi connectivity index (χ1) is 12.4. The van der Waals surface area contributed by atoms with Crippen LogP contribution in [0.2, 0.25) is 5.02 Å². The van der Waals surface area contributed by atoms with E-state index in [4.69, 9.17) is 11.6 Å². The SMILES string of the molecule is CC(C)(Nc1ccnc(-c2c[nH]c3ncc(Cl)cc23)n1)C(=O)N1CCC1. The van der Waals surface area contributed by atoms with Gasteiger partial charge in [-0.05, 0) is 32.4 Å². The zero-order chi connectivity index (χ0) is 18.3. The average Bonchev–Trinajstić information content (AvgIpc) is 2.96. The number of H-pyrrole nitrogens is 1. The number of amides is 1. The lowest BCUT2D eigenvalue weighted by Crippen LogP contribution is -2.54. The molecule has 8 heteroatoms. The van der Waals surface area contributed by atoms with Crippen LogP contribution in [-0.2, 0) is 4.79 Å². The van der Waals surface area contributed by atoms with E-state index in [1.807, 2.05) is 31.0 Å². The van der Waals surface area contributed by atoms with Crippen LogP contribution in [0.25, 0.3) is 22.4 Å². The fourth-order valence-corrected chi connectivity index (χ4v) is 3.17. The number of likely N-dealkylation sites (tertiary alicyclic amines) is 1. The van der Waals surface area contributed by atoms with Crippen molar-refractivity contribution >= 4 is 34.4 Å². The number of rotatable bonds is 4. The first-order valence-electron chi connectivity index (χ1n) is 8.48. The van der Waals surface area contributed by atoms with Crippen molar-refractivity contribution in [2.75, 3.05) is 18.4 Å². The molecule has 3 aromatic rings. The molecule has 1 amide bonds. The van der Waals surface area contributed by atoms with Crippen molar-refractivity contribution in [1.82, 2.24) is 24.8 Å². The van der Waals surface area contributed by atoms with Crippen LogP contribution in [0.5, 0.6) is 0 Å². The summed E-state index contributed by atoms with van der Waals surface area (Å²) in [6.45, 7) is 5.37. The van der Waals surface area contributed by atoms with E-state index in [2.05, 4.69) is 25.3 Å². The number of hydrogen-bond acceptors (Lipinski definition) is 5. The van der Waals surface area contributed by atoms with Gasteiger partial charge in [0.2, 0.25) is 5.91 Å². The van der Waals surface area contributed by atoms with Gasteiger partial charge in [-0.1, -0.05) is 11.6 Å². The molecule has 0 radical (unpaired) electrons. The zero-order valence-electron chi connectivity index (χ0n) is 14.6. The molecule has 0 aliphatic carbocycles. The predicted octanol–water partition coefficient (Wildman–Crippen LogP) is 3.10. The molecular weight excluding hydrogens is 352 g/mol. The number of carbonyl (C=O) groups excluding carboxylic acids is 1. The summed E-state index contributed by atoms with van der Waals surface area (Å²) in [6.07, 6.45) is 6.14. The van der Waals surface area contributed by atoms with Gasteiger partial charge in [0, 0.05) is 42.6 Å². The lowest BCUT2D eigenvalue weighted by Gasteiger charge is -2.38. The van der Waals surface area contributed by atoms with Gasteiger partial charge in [-0.15, -0.1) is 0 Å². The zero-order valence-corrected chi connectivity index (χ0v) is 15.3. The van der Waals surface area contributed by atoms with E-state index in [1.54, 1.807) is 18.5 Å². The minimum absolute atomic E-state index is 0.0759. The molecule has 1 aliphatic rings. The molecule has 0 atom stereocenters. The van der Waals surface area contributed by atoms with Crippen molar-refractivity contribution < 1.29 is 4.79 Å². The molecule has 4 heterocycles. The second-order valence-electron chi connectivity index (χ2n) is 6.91. The molecule has 0 aromatic carbocycles. The molecule has 26 heavy (non-hydrogen) atoms. The molecule has 134 valence electrons. The van der Waals surface area contributed by atoms with E-state index in [1.165, 1.54) is 0 Å². The average molecular weight is 371 g/mol. The standard InChI is InChI=1S/C18H19ClN6O/c1-18(2,17(26)25-6-3-7-25)24-14-4-5-20-16(23-14)13-10-22-15-12(13)8-11(19)9-21-15/h4-5,8-10H,3,6-7H2,1-2H3,(H,21,22)(H,20,23,24). The molecule has 2 N–H and O–H groups in total. The first kappa shape index (κ1) is 16.8. The number of pyridine rings is 1. The van der Waals surface area contributed by atoms with E-state index < -0.39 is 5.54 Å². The number of aromatic amines is 1.